The molecule has 0 saturated heterocycles. The van der Waals surface area contributed by atoms with Crippen molar-refractivity contribution < 1.29 is 41.5 Å². The zero-order valence-corrected chi connectivity index (χ0v) is 17.1. The molecule has 0 unspecified atom stereocenters. The van der Waals surface area contributed by atoms with E-state index < -0.39 is 47.7 Å². The van der Waals surface area contributed by atoms with Crippen LogP contribution in [0.15, 0.2) is 66.7 Å². The normalized spacial score (nSPS) is 13.1. The molecule has 0 atom stereocenters. The minimum Gasteiger partial charge on any atom is -0.454 e. The number of ether oxygens (including phenoxy) is 1. The molecule has 0 aliphatic carbocycles. The summed E-state index contributed by atoms with van der Waals surface area (Å²) < 4.78 is 56.5. The fraction of sp³-hybridized carbons (Fsp3) is 0.0833. The van der Waals surface area contributed by atoms with Gasteiger partial charge in [0, 0.05) is 5.56 Å². The van der Waals surface area contributed by atoms with Crippen LogP contribution in [0.25, 0.3) is 0 Å². The Labute approximate surface area is 189 Å². The molecular weight excluding hydrogens is 458 g/mol. The first-order valence-electron chi connectivity index (χ1n) is 9.72. The minimum atomic E-state index is -4.64. The SMILES string of the molecule is O=C(COC(=O)c1ccc2c(c1)C(=O)N(c1ccc(F)cc1)C2=O)c1cccc(C(F)(F)F)c1. The summed E-state index contributed by atoms with van der Waals surface area (Å²) in [5.41, 5.74) is -1.37. The van der Waals surface area contributed by atoms with Gasteiger partial charge in [-0.3, -0.25) is 14.4 Å². The number of fused-ring (bicyclic) bond motifs is 1. The van der Waals surface area contributed by atoms with Crippen molar-refractivity contribution in [1.29, 1.82) is 0 Å². The lowest BCUT2D eigenvalue weighted by molar-refractivity contribution is -0.137. The minimum absolute atomic E-state index is 0.0194. The van der Waals surface area contributed by atoms with E-state index in [4.69, 9.17) is 4.74 Å². The number of rotatable bonds is 5. The molecule has 0 N–H and O–H groups in total. The zero-order chi connectivity index (χ0) is 24.6. The Morgan fingerprint density at radius 2 is 1.50 bits per heavy atom. The second kappa shape index (κ2) is 8.54. The fourth-order valence-corrected chi connectivity index (χ4v) is 3.36. The van der Waals surface area contributed by atoms with Gasteiger partial charge in [0.2, 0.25) is 0 Å². The molecule has 0 fully saturated rings. The van der Waals surface area contributed by atoms with Gasteiger partial charge >= 0.3 is 12.1 Å². The van der Waals surface area contributed by atoms with Crippen molar-refractivity contribution in [2.75, 3.05) is 11.5 Å². The van der Waals surface area contributed by atoms with Gasteiger partial charge in [-0.25, -0.2) is 14.1 Å². The smallest absolute Gasteiger partial charge is 0.416 e. The predicted molar refractivity (Wildman–Crippen MR) is 110 cm³/mol. The van der Waals surface area contributed by atoms with Crippen LogP contribution in [-0.4, -0.2) is 30.2 Å². The number of imide groups is 1. The van der Waals surface area contributed by atoms with E-state index in [-0.39, 0.29) is 27.9 Å². The number of ketones is 1. The number of benzene rings is 3. The third-order valence-electron chi connectivity index (χ3n) is 5.05. The molecule has 1 heterocycles. The van der Waals surface area contributed by atoms with Gasteiger partial charge < -0.3 is 4.74 Å². The number of esters is 1. The third-order valence-corrected chi connectivity index (χ3v) is 5.05. The molecule has 0 spiro atoms. The van der Waals surface area contributed by atoms with Crippen LogP contribution in [0.1, 0.15) is 47.0 Å². The lowest BCUT2D eigenvalue weighted by Crippen LogP contribution is -2.29. The number of Topliss-reactive ketones (excluding diaryl/α,β-unsaturated/α-hetero) is 1. The van der Waals surface area contributed by atoms with Crippen LogP contribution in [0.2, 0.25) is 0 Å². The number of amides is 2. The maximum absolute atomic E-state index is 13.2. The van der Waals surface area contributed by atoms with E-state index in [0.29, 0.717) is 6.07 Å². The fourth-order valence-electron chi connectivity index (χ4n) is 3.36. The number of carbonyl (C=O) groups is 4. The number of anilines is 1. The average Bonchev–Trinajstić information content (AvgIpc) is 3.07. The molecule has 0 radical (unpaired) electrons. The molecular formula is C24H13F4NO5. The summed E-state index contributed by atoms with van der Waals surface area (Å²) in [5.74, 6) is -3.81. The van der Waals surface area contributed by atoms with E-state index in [0.717, 1.165) is 41.3 Å². The van der Waals surface area contributed by atoms with Crippen LogP contribution in [0, 0.1) is 5.82 Å². The largest absolute Gasteiger partial charge is 0.454 e. The summed E-state index contributed by atoms with van der Waals surface area (Å²) in [5, 5.41) is 0. The number of hydrogen-bond acceptors (Lipinski definition) is 5. The number of halogens is 4. The summed E-state index contributed by atoms with van der Waals surface area (Å²) in [6.45, 7) is -0.828. The van der Waals surface area contributed by atoms with Crippen LogP contribution in [0.5, 0.6) is 0 Å². The summed E-state index contributed by atoms with van der Waals surface area (Å²) in [7, 11) is 0. The third kappa shape index (κ3) is 4.29. The summed E-state index contributed by atoms with van der Waals surface area (Å²) in [6, 6.07) is 11.9. The highest BCUT2D eigenvalue weighted by Gasteiger charge is 2.37. The van der Waals surface area contributed by atoms with Crippen molar-refractivity contribution in [3.63, 3.8) is 0 Å². The Morgan fingerprint density at radius 3 is 2.18 bits per heavy atom. The van der Waals surface area contributed by atoms with E-state index in [1.165, 1.54) is 24.3 Å². The van der Waals surface area contributed by atoms with Gasteiger partial charge in [0.1, 0.15) is 5.82 Å². The van der Waals surface area contributed by atoms with Crippen LogP contribution in [0.4, 0.5) is 23.2 Å². The first-order chi connectivity index (χ1) is 16.1. The quantitative estimate of drug-likeness (QED) is 0.234. The Bertz CT molecular complexity index is 1330. The second-order valence-electron chi connectivity index (χ2n) is 7.26. The Morgan fingerprint density at radius 1 is 0.824 bits per heavy atom. The molecule has 0 saturated carbocycles. The van der Waals surface area contributed by atoms with Crippen LogP contribution in [0.3, 0.4) is 0 Å². The van der Waals surface area contributed by atoms with E-state index in [9.17, 15) is 36.7 Å². The van der Waals surface area contributed by atoms with Gasteiger partial charge in [0.25, 0.3) is 11.8 Å². The maximum atomic E-state index is 13.2. The van der Waals surface area contributed by atoms with Crippen molar-refractivity contribution in [1.82, 2.24) is 0 Å². The van der Waals surface area contributed by atoms with Gasteiger partial charge in [-0.15, -0.1) is 0 Å². The summed E-state index contributed by atoms with van der Waals surface area (Å²) >= 11 is 0. The molecule has 3 aromatic carbocycles. The lowest BCUT2D eigenvalue weighted by Gasteiger charge is -2.13. The average molecular weight is 471 g/mol. The maximum Gasteiger partial charge on any atom is 0.416 e. The van der Waals surface area contributed by atoms with Crippen molar-refractivity contribution in [2.45, 2.75) is 6.18 Å². The van der Waals surface area contributed by atoms with Crippen LogP contribution >= 0.6 is 0 Å². The van der Waals surface area contributed by atoms with E-state index >= 15 is 0 Å². The number of hydrogen-bond donors (Lipinski definition) is 0. The highest BCUT2D eigenvalue weighted by atomic mass is 19.4. The van der Waals surface area contributed by atoms with Gasteiger partial charge in [0.15, 0.2) is 12.4 Å². The lowest BCUT2D eigenvalue weighted by atomic mass is 10.1. The first kappa shape index (κ1) is 22.8. The van der Waals surface area contributed by atoms with Crippen LogP contribution < -0.4 is 4.90 Å². The molecule has 2 amide bonds. The van der Waals surface area contributed by atoms with Crippen molar-refractivity contribution in [3.05, 3.63) is 100 Å². The second-order valence-corrected chi connectivity index (χ2v) is 7.26. The molecule has 10 heteroatoms. The van der Waals surface area contributed by atoms with Gasteiger partial charge in [0.05, 0.1) is 27.9 Å². The summed E-state index contributed by atoms with van der Waals surface area (Å²) in [4.78, 5) is 50.8. The Hall–Kier alpha value is -4.34. The predicted octanol–water partition coefficient (Wildman–Crippen LogP) is 4.68. The zero-order valence-electron chi connectivity index (χ0n) is 17.1. The van der Waals surface area contributed by atoms with Crippen molar-refractivity contribution in [2.24, 2.45) is 0 Å². The number of nitrogens with zero attached hydrogens (tertiary/aromatic N) is 1. The highest BCUT2D eigenvalue weighted by molar-refractivity contribution is 6.34. The van der Waals surface area contributed by atoms with Gasteiger partial charge in [-0.05, 0) is 54.6 Å². The molecule has 34 heavy (non-hydrogen) atoms. The van der Waals surface area contributed by atoms with E-state index in [2.05, 4.69) is 0 Å². The monoisotopic (exact) mass is 471 g/mol. The first-order valence-corrected chi connectivity index (χ1v) is 9.72. The van der Waals surface area contributed by atoms with E-state index in [1.54, 1.807) is 0 Å². The molecule has 4 rings (SSSR count). The molecule has 1 aliphatic heterocycles. The Balaban J connectivity index is 1.48. The van der Waals surface area contributed by atoms with Crippen molar-refractivity contribution in [3.8, 4) is 0 Å². The number of alkyl halides is 3. The highest BCUT2D eigenvalue weighted by Crippen LogP contribution is 2.30. The molecule has 1 aliphatic rings. The molecule has 172 valence electrons. The standard InChI is InChI=1S/C24H13F4NO5/c25-16-5-7-17(8-6-16)29-21(31)18-9-4-14(11-19(18)22(29)32)23(33)34-12-20(30)13-2-1-3-15(10-13)24(26,27)28/h1-11H,12H2. The van der Waals surface area contributed by atoms with Gasteiger partial charge in [-0.2, -0.15) is 13.2 Å². The number of carbonyl (C=O) groups excluding carboxylic acids is 4. The molecule has 0 aromatic heterocycles. The molecule has 0 bridgehead atoms. The topological polar surface area (TPSA) is 80.8 Å². The van der Waals surface area contributed by atoms with E-state index in [1.807, 2.05) is 0 Å². The molecule has 3 aromatic rings. The van der Waals surface area contributed by atoms with Crippen LogP contribution in [-0.2, 0) is 10.9 Å². The Kier molecular flexibility index (Phi) is 5.74. The summed E-state index contributed by atoms with van der Waals surface area (Å²) in [6.07, 6.45) is -4.64. The molecule has 6 nitrogen and oxygen atoms in total. The van der Waals surface area contributed by atoms with Crippen molar-refractivity contribution >= 4 is 29.3 Å². The van der Waals surface area contributed by atoms with Gasteiger partial charge in [-0.1, -0.05) is 12.1 Å².